The van der Waals surface area contributed by atoms with E-state index in [1.54, 1.807) is 6.92 Å². The van der Waals surface area contributed by atoms with Gasteiger partial charge in [-0.05, 0) is 26.2 Å². The van der Waals surface area contributed by atoms with Crippen LogP contribution in [0.15, 0.2) is 11.0 Å². The number of halogens is 2. The number of carbonyl (C=O) groups is 1. The molecule has 1 spiro atoms. The Bertz CT molecular complexity index is 1120. The molecule has 2 heterocycles. The number of fused-ring (bicyclic) bond motifs is 1. The molecular weight excluding hydrogens is 390 g/mol. The Morgan fingerprint density at radius 1 is 1.41 bits per heavy atom. The Kier molecular flexibility index (Phi) is 4.32. The maximum atomic E-state index is 14.7. The van der Waals surface area contributed by atoms with Gasteiger partial charge in [0.25, 0.3) is 0 Å². The minimum Gasteiger partial charge on any atom is -0.488 e. The first-order valence-corrected chi connectivity index (χ1v) is 9.29. The Balaban J connectivity index is 2.24. The van der Waals surface area contributed by atoms with Crippen LogP contribution >= 0.6 is 0 Å². The lowest BCUT2D eigenvalue weighted by molar-refractivity contribution is -0.386. The zero-order valence-electron chi connectivity index (χ0n) is 15.8. The molecule has 0 amide bonds. The number of ether oxygens (including phenoxy) is 2. The molecular formula is C19H18F2N2O6. The largest absolute Gasteiger partial charge is 0.488 e. The van der Waals surface area contributed by atoms with Gasteiger partial charge in [-0.3, -0.25) is 14.9 Å². The number of nitrogens with zero attached hydrogens (tertiary/aromatic N) is 2. The smallest absolute Gasteiger partial charge is 0.343 e. The van der Waals surface area contributed by atoms with Crippen molar-refractivity contribution in [3.63, 3.8) is 0 Å². The zero-order chi connectivity index (χ0) is 21.1. The van der Waals surface area contributed by atoms with Gasteiger partial charge < -0.3 is 14.0 Å². The van der Waals surface area contributed by atoms with Gasteiger partial charge in [0.15, 0.2) is 5.75 Å². The van der Waals surface area contributed by atoms with Crippen molar-refractivity contribution >= 4 is 22.6 Å². The van der Waals surface area contributed by atoms with Crippen molar-refractivity contribution in [2.24, 2.45) is 5.92 Å². The van der Waals surface area contributed by atoms with Crippen molar-refractivity contribution in [2.45, 2.75) is 38.6 Å². The first-order chi connectivity index (χ1) is 13.7. The van der Waals surface area contributed by atoms with Crippen LogP contribution in [0.4, 0.5) is 14.5 Å². The summed E-state index contributed by atoms with van der Waals surface area (Å²) in [5, 5.41) is 10.9. The lowest BCUT2D eigenvalue weighted by Gasteiger charge is -2.47. The van der Waals surface area contributed by atoms with Crippen molar-refractivity contribution in [1.29, 1.82) is 0 Å². The molecule has 10 heteroatoms. The van der Waals surface area contributed by atoms with E-state index < -0.39 is 55.9 Å². The molecule has 1 fully saturated rings. The second-order valence-electron chi connectivity index (χ2n) is 7.42. The number of rotatable bonds is 3. The highest BCUT2D eigenvalue weighted by Gasteiger charge is 2.48. The highest BCUT2D eigenvalue weighted by atomic mass is 19.2. The van der Waals surface area contributed by atoms with Gasteiger partial charge in [-0.15, -0.1) is 0 Å². The second kappa shape index (κ2) is 6.50. The first kappa shape index (κ1) is 19.3. The van der Waals surface area contributed by atoms with E-state index in [1.165, 1.54) is 10.8 Å². The average molecular weight is 408 g/mol. The molecule has 4 rings (SSSR count). The fourth-order valence-corrected chi connectivity index (χ4v) is 4.36. The molecule has 0 bridgehead atoms. The SMILES string of the molecule is CCOC(=O)c1cn2c3c(c(F)c(F)c([N+](=O)[O-])c3c1=O)OCC(C)C21CCC1. The van der Waals surface area contributed by atoms with E-state index in [1.807, 2.05) is 6.92 Å². The van der Waals surface area contributed by atoms with Crippen molar-refractivity contribution < 1.29 is 28.0 Å². The first-order valence-electron chi connectivity index (χ1n) is 9.29. The van der Waals surface area contributed by atoms with Crippen LogP contribution in [0.25, 0.3) is 10.9 Å². The number of carbonyl (C=O) groups excluding carboxylic acids is 1. The maximum absolute atomic E-state index is 14.7. The van der Waals surface area contributed by atoms with Gasteiger partial charge in [-0.1, -0.05) is 6.92 Å². The van der Waals surface area contributed by atoms with Gasteiger partial charge in [0.2, 0.25) is 17.1 Å². The molecule has 1 aromatic heterocycles. The fraction of sp³-hybridized carbons (Fsp3) is 0.474. The van der Waals surface area contributed by atoms with Gasteiger partial charge in [0.1, 0.15) is 16.5 Å². The number of aromatic nitrogens is 1. The standard InChI is InChI=1S/C19H18F2N2O6/c1-3-28-18(25)10-7-22-15-11(16(10)24)14(23(26)27)12(20)13(21)17(15)29-8-9(2)19(22)5-4-6-19/h7,9H,3-6,8H2,1-2H3. The van der Waals surface area contributed by atoms with E-state index in [2.05, 4.69) is 0 Å². The summed E-state index contributed by atoms with van der Waals surface area (Å²) in [6.07, 6.45) is 3.37. The summed E-state index contributed by atoms with van der Waals surface area (Å²) in [5.74, 6) is -5.02. The molecule has 0 N–H and O–H groups in total. The van der Waals surface area contributed by atoms with Crippen molar-refractivity contribution in [3.05, 3.63) is 43.7 Å². The molecule has 29 heavy (non-hydrogen) atoms. The predicted molar refractivity (Wildman–Crippen MR) is 97.2 cm³/mol. The molecule has 0 saturated heterocycles. The van der Waals surface area contributed by atoms with Gasteiger partial charge in [0.05, 0.1) is 23.7 Å². The summed E-state index contributed by atoms with van der Waals surface area (Å²) in [7, 11) is 0. The normalized spacial score (nSPS) is 19.4. The van der Waals surface area contributed by atoms with Crippen LogP contribution in [0, 0.1) is 27.7 Å². The van der Waals surface area contributed by atoms with Crippen molar-refractivity contribution in [3.8, 4) is 5.75 Å². The van der Waals surface area contributed by atoms with E-state index in [0.29, 0.717) is 12.8 Å². The van der Waals surface area contributed by atoms with Gasteiger partial charge in [-0.25, -0.2) is 4.79 Å². The number of hydrogen-bond acceptors (Lipinski definition) is 6. The summed E-state index contributed by atoms with van der Waals surface area (Å²) in [5.41, 5.74) is -3.68. The van der Waals surface area contributed by atoms with Crippen molar-refractivity contribution in [1.82, 2.24) is 4.57 Å². The van der Waals surface area contributed by atoms with Crippen LogP contribution in [0.1, 0.15) is 43.5 Å². The van der Waals surface area contributed by atoms with Gasteiger partial charge in [-0.2, -0.15) is 8.78 Å². The van der Waals surface area contributed by atoms with E-state index in [9.17, 15) is 28.5 Å². The third kappa shape index (κ3) is 2.47. The summed E-state index contributed by atoms with van der Waals surface area (Å²) < 4.78 is 41.3. The third-order valence-corrected chi connectivity index (χ3v) is 6.03. The van der Waals surface area contributed by atoms with Crippen LogP contribution < -0.4 is 10.2 Å². The Morgan fingerprint density at radius 3 is 2.66 bits per heavy atom. The molecule has 1 saturated carbocycles. The summed E-state index contributed by atoms with van der Waals surface area (Å²) in [6, 6.07) is 0. The van der Waals surface area contributed by atoms with E-state index in [0.717, 1.165) is 6.42 Å². The molecule has 1 aromatic carbocycles. The zero-order valence-corrected chi connectivity index (χ0v) is 15.8. The number of hydrogen-bond donors (Lipinski definition) is 0. The Morgan fingerprint density at radius 2 is 2.10 bits per heavy atom. The second-order valence-corrected chi connectivity index (χ2v) is 7.42. The maximum Gasteiger partial charge on any atom is 0.343 e. The van der Waals surface area contributed by atoms with Crippen LogP contribution in [0.3, 0.4) is 0 Å². The minimum absolute atomic E-state index is 0.0217. The fourth-order valence-electron chi connectivity index (χ4n) is 4.36. The van der Waals surface area contributed by atoms with Crippen LogP contribution in [0.2, 0.25) is 0 Å². The summed E-state index contributed by atoms with van der Waals surface area (Å²) in [6.45, 7) is 3.42. The molecule has 2 aliphatic rings. The molecule has 8 nitrogen and oxygen atoms in total. The third-order valence-electron chi connectivity index (χ3n) is 6.03. The monoisotopic (exact) mass is 408 g/mol. The highest BCUT2D eigenvalue weighted by molar-refractivity contribution is 5.99. The minimum atomic E-state index is -1.79. The van der Waals surface area contributed by atoms with Crippen LogP contribution in [0.5, 0.6) is 5.75 Å². The molecule has 1 unspecified atom stereocenters. The lowest BCUT2D eigenvalue weighted by Crippen LogP contribution is -2.47. The Labute approximate surface area is 163 Å². The number of esters is 1. The lowest BCUT2D eigenvalue weighted by atomic mass is 9.68. The number of pyridine rings is 1. The molecule has 1 aliphatic heterocycles. The van der Waals surface area contributed by atoms with Gasteiger partial charge in [0, 0.05) is 12.1 Å². The summed E-state index contributed by atoms with van der Waals surface area (Å²) >= 11 is 0. The number of nitro groups is 1. The van der Waals surface area contributed by atoms with E-state index in [-0.39, 0.29) is 24.6 Å². The van der Waals surface area contributed by atoms with E-state index >= 15 is 0 Å². The molecule has 154 valence electrons. The van der Waals surface area contributed by atoms with Crippen LogP contribution in [-0.2, 0) is 10.3 Å². The van der Waals surface area contributed by atoms with Crippen molar-refractivity contribution in [2.75, 3.05) is 13.2 Å². The topological polar surface area (TPSA) is 101 Å². The molecule has 0 radical (unpaired) electrons. The average Bonchev–Trinajstić information content (AvgIpc) is 2.75. The Hall–Kier alpha value is -3.04. The quantitative estimate of drug-likeness (QED) is 0.439. The molecule has 1 atom stereocenters. The molecule has 2 aromatic rings. The number of benzene rings is 1. The molecule has 1 aliphatic carbocycles. The van der Waals surface area contributed by atoms with Gasteiger partial charge >= 0.3 is 11.7 Å². The highest BCUT2D eigenvalue weighted by Crippen LogP contribution is 2.51. The van der Waals surface area contributed by atoms with E-state index in [4.69, 9.17) is 9.47 Å². The number of nitro benzene ring substituents is 1. The predicted octanol–water partition coefficient (Wildman–Crippen LogP) is 3.27. The van der Waals surface area contributed by atoms with Crippen LogP contribution in [-0.4, -0.2) is 28.7 Å². The summed E-state index contributed by atoms with van der Waals surface area (Å²) in [4.78, 5) is 35.8.